The highest BCUT2D eigenvalue weighted by Crippen LogP contribution is 2.19. The molecule has 0 spiro atoms. The van der Waals surface area contributed by atoms with E-state index in [0.29, 0.717) is 5.92 Å². The Labute approximate surface area is 128 Å². The molecule has 20 heavy (non-hydrogen) atoms. The maximum atomic E-state index is 4.61. The van der Waals surface area contributed by atoms with Crippen LogP contribution in [0.2, 0.25) is 0 Å². The van der Waals surface area contributed by atoms with Crippen molar-refractivity contribution < 1.29 is 0 Å². The third-order valence-electron chi connectivity index (χ3n) is 3.07. The summed E-state index contributed by atoms with van der Waals surface area (Å²) < 4.78 is 2.86. The van der Waals surface area contributed by atoms with E-state index in [0.717, 1.165) is 41.1 Å². The number of nitrogens with zero attached hydrogens (tertiary/aromatic N) is 3. The van der Waals surface area contributed by atoms with Crippen LogP contribution in [0.15, 0.2) is 29.0 Å². The lowest BCUT2D eigenvalue weighted by Crippen LogP contribution is -2.16. The van der Waals surface area contributed by atoms with Crippen LogP contribution in [0.1, 0.15) is 44.4 Å². The van der Waals surface area contributed by atoms with Crippen molar-refractivity contribution in [3.8, 4) is 5.82 Å². The lowest BCUT2D eigenvalue weighted by Gasteiger charge is -2.10. The molecule has 0 unspecified atom stereocenters. The van der Waals surface area contributed by atoms with Crippen molar-refractivity contribution in [2.24, 2.45) is 0 Å². The van der Waals surface area contributed by atoms with Gasteiger partial charge in [0.05, 0.1) is 5.69 Å². The molecule has 0 amide bonds. The van der Waals surface area contributed by atoms with E-state index in [2.05, 4.69) is 64.2 Å². The molecular formula is C15H21BrN4. The minimum Gasteiger partial charge on any atom is -0.313 e. The lowest BCUT2D eigenvalue weighted by molar-refractivity contribution is 0.664. The zero-order valence-corrected chi connectivity index (χ0v) is 13.8. The topological polar surface area (TPSA) is 42.7 Å². The van der Waals surface area contributed by atoms with Gasteiger partial charge in [0.25, 0.3) is 0 Å². The molecule has 0 aliphatic rings. The maximum absolute atomic E-state index is 4.61. The van der Waals surface area contributed by atoms with Crippen molar-refractivity contribution in [2.75, 3.05) is 6.54 Å². The Kier molecular flexibility index (Phi) is 5.31. The zero-order valence-electron chi connectivity index (χ0n) is 12.2. The van der Waals surface area contributed by atoms with Crippen molar-refractivity contribution >= 4 is 15.9 Å². The summed E-state index contributed by atoms with van der Waals surface area (Å²) in [6, 6.07) is 4.15. The number of hydrogen-bond donors (Lipinski definition) is 1. The smallest absolute Gasteiger partial charge is 0.157 e. The van der Waals surface area contributed by atoms with Crippen LogP contribution in [0.5, 0.6) is 0 Å². The van der Waals surface area contributed by atoms with E-state index >= 15 is 0 Å². The quantitative estimate of drug-likeness (QED) is 0.818. The molecule has 2 aromatic rings. The number of aromatic nitrogens is 3. The molecule has 2 aromatic heterocycles. The molecule has 2 heterocycles. The van der Waals surface area contributed by atoms with Crippen molar-refractivity contribution in [1.29, 1.82) is 0 Å². The van der Waals surface area contributed by atoms with Crippen LogP contribution in [0.4, 0.5) is 0 Å². The van der Waals surface area contributed by atoms with Gasteiger partial charge in [-0.1, -0.05) is 20.8 Å². The van der Waals surface area contributed by atoms with E-state index in [4.69, 9.17) is 0 Å². The standard InChI is InChI=1S/C15H21BrN4/c1-4-6-17-9-12-8-13(16)10-18-15(12)20-7-5-14(19-20)11(2)3/h5,7-8,10-11,17H,4,6,9H2,1-3H3. The van der Waals surface area contributed by atoms with Crippen molar-refractivity contribution in [2.45, 2.75) is 39.7 Å². The second-order valence-electron chi connectivity index (χ2n) is 5.15. The molecule has 0 radical (unpaired) electrons. The van der Waals surface area contributed by atoms with E-state index < -0.39 is 0 Å². The first-order valence-electron chi connectivity index (χ1n) is 7.03. The molecule has 0 aliphatic heterocycles. The molecule has 0 saturated heterocycles. The summed E-state index contributed by atoms with van der Waals surface area (Å²) in [5.74, 6) is 1.32. The molecular weight excluding hydrogens is 316 g/mol. The predicted molar refractivity (Wildman–Crippen MR) is 85.1 cm³/mol. The fourth-order valence-corrected chi connectivity index (χ4v) is 2.35. The lowest BCUT2D eigenvalue weighted by atomic mass is 10.1. The van der Waals surface area contributed by atoms with Crippen LogP contribution in [0.25, 0.3) is 5.82 Å². The van der Waals surface area contributed by atoms with Gasteiger partial charge >= 0.3 is 0 Å². The Balaban J connectivity index is 2.29. The van der Waals surface area contributed by atoms with Crippen LogP contribution in [0, 0.1) is 0 Å². The van der Waals surface area contributed by atoms with Crippen LogP contribution in [0.3, 0.4) is 0 Å². The monoisotopic (exact) mass is 336 g/mol. The third-order valence-corrected chi connectivity index (χ3v) is 3.50. The Morgan fingerprint density at radius 2 is 2.20 bits per heavy atom. The molecule has 0 aromatic carbocycles. The Hall–Kier alpha value is -1.20. The van der Waals surface area contributed by atoms with Gasteiger partial charge in [0, 0.05) is 29.0 Å². The number of rotatable bonds is 6. The van der Waals surface area contributed by atoms with Gasteiger partial charge in [0.1, 0.15) is 0 Å². The Morgan fingerprint density at radius 1 is 1.40 bits per heavy atom. The molecule has 5 heteroatoms. The van der Waals surface area contributed by atoms with E-state index in [1.807, 2.05) is 17.1 Å². The molecule has 0 bridgehead atoms. The largest absolute Gasteiger partial charge is 0.313 e. The zero-order chi connectivity index (χ0) is 14.5. The number of hydrogen-bond acceptors (Lipinski definition) is 3. The van der Waals surface area contributed by atoms with Crippen molar-refractivity contribution in [3.05, 3.63) is 40.3 Å². The molecule has 108 valence electrons. The van der Waals surface area contributed by atoms with Gasteiger partial charge in [-0.05, 0) is 46.9 Å². The summed E-state index contributed by atoms with van der Waals surface area (Å²) in [5, 5.41) is 8.03. The van der Waals surface area contributed by atoms with Crippen LogP contribution in [-0.4, -0.2) is 21.3 Å². The van der Waals surface area contributed by atoms with Gasteiger partial charge in [-0.2, -0.15) is 5.10 Å². The summed E-state index contributed by atoms with van der Waals surface area (Å²) in [6.45, 7) is 8.25. The molecule has 2 rings (SSSR count). The van der Waals surface area contributed by atoms with Crippen molar-refractivity contribution in [1.82, 2.24) is 20.1 Å². The first-order chi connectivity index (χ1) is 9.61. The SMILES string of the molecule is CCCNCc1cc(Br)cnc1-n1ccc(C(C)C)n1. The molecule has 0 saturated carbocycles. The Morgan fingerprint density at radius 3 is 2.85 bits per heavy atom. The van der Waals surface area contributed by atoms with Crippen molar-refractivity contribution in [3.63, 3.8) is 0 Å². The summed E-state index contributed by atoms with van der Waals surface area (Å²) in [6.07, 6.45) is 4.92. The molecule has 1 N–H and O–H groups in total. The van der Waals surface area contributed by atoms with Crippen LogP contribution < -0.4 is 5.32 Å². The second kappa shape index (κ2) is 6.99. The second-order valence-corrected chi connectivity index (χ2v) is 6.07. The Bertz CT molecular complexity index is 563. The van der Waals surface area contributed by atoms with Crippen LogP contribution >= 0.6 is 15.9 Å². The molecule has 0 fully saturated rings. The van der Waals surface area contributed by atoms with E-state index in [1.54, 1.807) is 0 Å². The highest BCUT2D eigenvalue weighted by Gasteiger charge is 2.10. The van der Waals surface area contributed by atoms with E-state index in [-0.39, 0.29) is 0 Å². The van der Waals surface area contributed by atoms with Gasteiger partial charge in [0.15, 0.2) is 5.82 Å². The average Bonchev–Trinajstić information content (AvgIpc) is 2.89. The molecule has 4 nitrogen and oxygen atoms in total. The maximum Gasteiger partial charge on any atom is 0.157 e. The fourth-order valence-electron chi connectivity index (χ4n) is 1.97. The number of nitrogens with one attached hydrogen (secondary N) is 1. The first kappa shape index (κ1) is 15.2. The number of pyridine rings is 1. The van der Waals surface area contributed by atoms with Gasteiger partial charge in [-0.25, -0.2) is 9.67 Å². The fraction of sp³-hybridized carbons (Fsp3) is 0.467. The minimum absolute atomic E-state index is 0.424. The van der Waals surface area contributed by atoms with Gasteiger partial charge in [0.2, 0.25) is 0 Å². The highest BCUT2D eigenvalue weighted by molar-refractivity contribution is 9.10. The first-order valence-corrected chi connectivity index (χ1v) is 7.82. The van der Waals surface area contributed by atoms with E-state index in [1.165, 1.54) is 0 Å². The average molecular weight is 337 g/mol. The summed E-state index contributed by atoms with van der Waals surface area (Å²) in [5.41, 5.74) is 2.23. The molecule has 0 atom stereocenters. The highest BCUT2D eigenvalue weighted by atomic mass is 79.9. The summed E-state index contributed by atoms with van der Waals surface area (Å²) >= 11 is 3.49. The van der Waals surface area contributed by atoms with Crippen LogP contribution in [-0.2, 0) is 6.54 Å². The molecule has 0 aliphatic carbocycles. The minimum atomic E-state index is 0.424. The third kappa shape index (κ3) is 3.67. The number of halogens is 1. The summed E-state index contributed by atoms with van der Waals surface area (Å²) in [7, 11) is 0. The normalized spacial score (nSPS) is 11.2. The summed E-state index contributed by atoms with van der Waals surface area (Å²) in [4.78, 5) is 4.51. The van der Waals surface area contributed by atoms with Gasteiger partial charge in [-0.15, -0.1) is 0 Å². The van der Waals surface area contributed by atoms with E-state index in [9.17, 15) is 0 Å². The van der Waals surface area contributed by atoms with Gasteiger partial charge in [-0.3, -0.25) is 0 Å². The van der Waals surface area contributed by atoms with Gasteiger partial charge < -0.3 is 5.32 Å². The predicted octanol–water partition coefficient (Wildman–Crippen LogP) is 3.65.